The first-order valence-corrected chi connectivity index (χ1v) is 9.18. The standard InChI is InChI=1S/C22H16N4O4/c1-29-13-7-8-14-15(11-13)16-10-12(6-9-19(16)30-20(14)27)23-22(28)26-21-24-17-4-2-3-5-18(17)25-21/h2-11H,1H3,(H3,23,24,25,26,28). The monoisotopic (exact) mass is 400 g/mol. The maximum Gasteiger partial charge on any atom is 0.344 e. The van der Waals surface area contributed by atoms with Gasteiger partial charge in [0.2, 0.25) is 5.95 Å². The number of carbonyl (C=O) groups is 1. The number of hydrogen-bond donors (Lipinski definition) is 3. The SMILES string of the molecule is COc1ccc2c(=O)oc3ccc(NC(=O)Nc4nc5ccccc5[nH]4)cc3c2c1. The Morgan fingerprint density at radius 2 is 1.87 bits per heavy atom. The maximum absolute atomic E-state index is 12.4. The number of anilines is 2. The molecule has 2 aromatic heterocycles. The average Bonchev–Trinajstić information content (AvgIpc) is 3.16. The molecule has 0 fully saturated rings. The predicted molar refractivity (Wildman–Crippen MR) is 115 cm³/mol. The van der Waals surface area contributed by atoms with Gasteiger partial charge in [-0.05, 0) is 48.5 Å². The summed E-state index contributed by atoms with van der Waals surface area (Å²) in [7, 11) is 1.56. The molecule has 0 aliphatic heterocycles. The summed E-state index contributed by atoms with van der Waals surface area (Å²) < 4.78 is 10.7. The fourth-order valence-electron chi connectivity index (χ4n) is 3.40. The van der Waals surface area contributed by atoms with Crippen LogP contribution in [-0.4, -0.2) is 23.1 Å². The number of para-hydroxylation sites is 2. The van der Waals surface area contributed by atoms with Crippen molar-refractivity contribution in [1.29, 1.82) is 0 Å². The first kappa shape index (κ1) is 17.7. The molecule has 0 unspecified atom stereocenters. The van der Waals surface area contributed by atoms with Crippen LogP contribution in [0.1, 0.15) is 0 Å². The number of aromatic nitrogens is 2. The molecule has 8 heteroatoms. The molecule has 148 valence electrons. The number of urea groups is 1. The number of hydrogen-bond acceptors (Lipinski definition) is 5. The zero-order valence-electron chi connectivity index (χ0n) is 15.9. The van der Waals surface area contributed by atoms with Crippen LogP contribution in [0.2, 0.25) is 0 Å². The van der Waals surface area contributed by atoms with Crippen LogP contribution in [0.25, 0.3) is 32.8 Å². The summed E-state index contributed by atoms with van der Waals surface area (Å²) in [6.45, 7) is 0. The van der Waals surface area contributed by atoms with Crippen LogP contribution in [0.15, 0.2) is 69.9 Å². The Labute approximate surface area is 169 Å². The summed E-state index contributed by atoms with van der Waals surface area (Å²) in [5.74, 6) is 0.964. The zero-order valence-corrected chi connectivity index (χ0v) is 15.9. The van der Waals surface area contributed by atoms with Crippen LogP contribution >= 0.6 is 0 Å². The van der Waals surface area contributed by atoms with Crippen LogP contribution < -0.4 is 21.0 Å². The van der Waals surface area contributed by atoms with Crippen LogP contribution in [0.5, 0.6) is 5.75 Å². The van der Waals surface area contributed by atoms with E-state index in [0.29, 0.717) is 39.1 Å². The van der Waals surface area contributed by atoms with Gasteiger partial charge in [0.1, 0.15) is 11.3 Å². The van der Waals surface area contributed by atoms with Crippen LogP contribution in [-0.2, 0) is 0 Å². The van der Waals surface area contributed by atoms with Gasteiger partial charge in [-0.1, -0.05) is 12.1 Å². The van der Waals surface area contributed by atoms with Crippen LogP contribution in [0.3, 0.4) is 0 Å². The van der Waals surface area contributed by atoms with Crippen molar-refractivity contribution < 1.29 is 13.9 Å². The number of H-pyrrole nitrogens is 1. The normalized spacial score (nSPS) is 11.1. The highest BCUT2D eigenvalue weighted by Gasteiger charge is 2.11. The van der Waals surface area contributed by atoms with Crippen molar-refractivity contribution in [3.63, 3.8) is 0 Å². The lowest BCUT2D eigenvalue weighted by atomic mass is 10.1. The van der Waals surface area contributed by atoms with Gasteiger partial charge in [0.05, 0.1) is 23.5 Å². The molecule has 5 aromatic rings. The molecule has 8 nitrogen and oxygen atoms in total. The van der Waals surface area contributed by atoms with E-state index in [9.17, 15) is 9.59 Å². The van der Waals surface area contributed by atoms with Gasteiger partial charge in [-0.25, -0.2) is 14.6 Å². The number of imidazole rings is 1. The third-order valence-corrected chi connectivity index (χ3v) is 4.80. The number of fused-ring (bicyclic) bond motifs is 4. The van der Waals surface area contributed by atoms with E-state index in [1.165, 1.54) is 0 Å². The van der Waals surface area contributed by atoms with Crippen molar-refractivity contribution in [2.45, 2.75) is 0 Å². The molecular weight excluding hydrogens is 384 g/mol. The third-order valence-electron chi connectivity index (χ3n) is 4.80. The van der Waals surface area contributed by atoms with Gasteiger partial charge < -0.3 is 19.5 Å². The minimum absolute atomic E-state index is 0.343. The summed E-state index contributed by atoms with van der Waals surface area (Å²) in [5, 5.41) is 7.26. The number of aromatic amines is 1. The van der Waals surface area contributed by atoms with Crippen molar-refractivity contribution in [2.24, 2.45) is 0 Å². The molecule has 0 radical (unpaired) electrons. The first-order chi connectivity index (χ1) is 14.6. The van der Waals surface area contributed by atoms with E-state index in [1.807, 2.05) is 24.3 Å². The number of benzene rings is 3. The smallest absolute Gasteiger partial charge is 0.344 e. The zero-order chi connectivity index (χ0) is 20.7. The van der Waals surface area contributed by atoms with Crippen LogP contribution in [0, 0.1) is 0 Å². The Hall–Kier alpha value is -4.33. The highest BCUT2D eigenvalue weighted by molar-refractivity contribution is 6.07. The number of nitrogens with one attached hydrogen (secondary N) is 3. The molecule has 2 amide bonds. The van der Waals surface area contributed by atoms with E-state index in [-0.39, 0.29) is 0 Å². The van der Waals surface area contributed by atoms with Gasteiger partial charge in [-0.3, -0.25) is 5.32 Å². The van der Waals surface area contributed by atoms with E-state index >= 15 is 0 Å². The molecule has 3 N–H and O–H groups in total. The van der Waals surface area contributed by atoms with Gasteiger partial charge in [-0.2, -0.15) is 0 Å². The second-order valence-electron chi connectivity index (χ2n) is 6.69. The van der Waals surface area contributed by atoms with E-state index in [4.69, 9.17) is 9.15 Å². The van der Waals surface area contributed by atoms with Crippen molar-refractivity contribution >= 4 is 50.4 Å². The molecule has 0 saturated heterocycles. The molecule has 2 heterocycles. The number of methoxy groups -OCH3 is 1. The second-order valence-corrected chi connectivity index (χ2v) is 6.69. The molecule has 0 bridgehead atoms. The lowest BCUT2D eigenvalue weighted by Gasteiger charge is -2.09. The molecule has 0 atom stereocenters. The Morgan fingerprint density at radius 1 is 1.00 bits per heavy atom. The Bertz CT molecular complexity index is 1450. The highest BCUT2D eigenvalue weighted by atomic mass is 16.5. The van der Waals surface area contributed by atoms with Crippen molar-refractivity contribution in [3.05, 3.63) is 71.1 Å². The van der Waals surface area contributed by atoms with E-state index in [0.717, 1.165) is 11.0 Å². The van der Waals surface area contributed by atoms with Crippen LogP contribution in [0.4, 0.5) is 16.4 Å². The Morgan fingerprint density at radius 3 is 2.70 bits per heavy atom. The molecule has 0 spiro atoms. The third kappa shape index (κ3) is 3.10. The quantitative estimate of drug-likeness (QED) is 0.306. The fraction of sp³-hybridized carbons (Fsp3) is 0.0455. The highest BCUT2D eigenvalue weighted by Crippen LogP contribution is 2.28. The summed E-state index contributed by atoms with van der Waals surface area (Å²) in [4.78, 5) is 32.0. The Balaban J connectivity index is 1.48. The topological polar surface area (TPSA) is 109 Å². The summed E-state index contributed by atoms with van der Waals surface area (Å²) in [6.07, 6.45) is 0. The summed E-state index contributed by atoms with van der Waals surface area (Å²) in [6, 6.07) is 17.2. The fourth-order valence-corrected chi connectivity index (χ4v) is 3.40. The molecular formula is C22H16N4O4. The lowest BCUT2D eigenvalue weighted by molar-refractivity contribution is 0.262. The number of rotatable bonds is 3. The number of ether oxygens (including phenoxy) is 1. The molecule has 5 rings (SSSR count). The molecule has 30 heavy (non-hydrogen) atoms. The van der Waals surface area contributed by atoms with Gasteiger partial charge in [-0.15, -0.1) is 0 Å². The first-order valence-electron chi connectivity index (χ1n) is 9.18. The largest absolute Gasteiger partial charge is 0.497 e. The molecule has 0 aliphatic carbocycles. The number of nitrogens with zero attached hydrogens (tertiary/aromatic N) is 1. The lowest BCUT2D eigenvalue weighted by Crippen LogP contribution is -2.20. The maximum atomic E-state index is 12.4. The van der Waals surface area contributed by atoms with E-state index < -0.39 is 11.7 Å². The number of carbonyl (C=O) groups excluding carboxylic acids is 1. The summed E-state index contributed by atoms with van der Waals surface area (Å²) in [5.41, 5.74) is 2.12. The van der Waals surface area contributed by atoms with E-state index in [1.54, 1.807) is 43.5 Å². The minimum atomic E-state index is -0.451. The Kier molecular flexibility index (Phi) is 4.10. The average molecular weight is 400 g/mol. The van der Waals surface area contributed by atoms with Crippen molar-refractivity contribution in [1.82, 2.24) is 9.97 Å². The van der Waals surface area contributed by atoms with Crippen molar-refractivity contribution in [2.75, 3.05) is 17.7 Å². The molecule has 0 aliphatic rings. The van der Waals surface area contributed by atoms with E-state index in [2.05, 4.69) is 20.6 Å². The van der Waals surface area contributed by atoms with Gasteiger partial charge in [0, 0.05) is 16.5 Å². The second kappa shape index (κ2) is 6.93. The number of amides is 2. The summed E-state index contributed by atoms with van der Waals surface area (Å²) >= 11 is 0. The minimum Gasteiger partial charge on any atom is -0.497 e. The van der Waals surface area contributed by atoms with Gasteiger partial charge in [0.15, 0.2) is 0 Å². The predicted octanol–water partition coefficient (Wildman–Crippen LogP) is 4.48. The van der Waals surface area contributed by atoms with Crippen molar-refractivity contribution in [3.8, 4) is 5.75 Å². The molecule has 3 aromatic carbocycles. The molecule has 0 saturated carbocycles. The van der Waals surface area contributed by atoms with Gasteiger partial charge in [0.25, 0.3) is 0 Å². The van der Waals surface area contributed by atoms with Gasteiger partial charge >= 0.3 is 11.7 Å².